The van der Waals surface area contributed by atoms with Gasteiger partial charge in [-0.15, -0.1) is 0 Å². The number of anilines is 2. The third-order valence-corrected chi connectivity index (χ3v) is 9.51. The van der Waals surface area contributed by atoms with Crippen LogP contribution in [0, 0.1) is 12.8 Å². The maximum Gasteiger partial charge on any atom is 0.305 e. The molecule has 1 saturated heterocycles. The molecule has 1 aromatic heterocycles. The number of carbonyl (C=O) groups excluding carboxylic acids is 3. The molecule has 2 aliphatic heterocycles. The molecule has 3 heterocycles. The maximum atomic E-state index is 13.8. The van der Waals surface area contributed by atoms with E-state index in [0.29, 0.717) is 27.2 Å². The van der Waals surface area contributed by atoms with Crippen molar-refractivity contribution in [3.05, 3.63) is 103 Å². The average molecular weight is 592 g/mol. The van der Waals surface area contributed by atoms with Gasteiger partial charge >= 0.3 is 4.87 Å². The first-order chi connectivity index (χ1) is 19.3. The molecule has 2 aliphatic rings. The number of aryl methyl sites for hydroxylation is 1. The van der Waals surface area contributed by atoms with Gasteiger partial charge in [-0.25, -0.2) is 4.90 Å². The van der Waals surface area contributed by atoms with Crippen molar-refractivity contribution < 1.29 is 19.1 Å². The first kappa shape index (κ1) is 26.4. The van der Waals surface area contributed by atoms with Crippen LogP contribution in [-0.4, -0.2) is 34.6 Å². The fraction of sp³-hybridized carbons (Fsp3) is 0.172. The van der Waals surface area contributed by atoms with Crippen LogP contribution in [0.3, 0.4) is 0 Å². The van der Waals surface area contributed by atoms with Gasteiger partial charge in [0.15, 0.2) is 6.61 Å². The van der Waals surface area contributed by atoms with Crippen LogP contribution in [0.1, 0.15) is 21.9 Å². The standard InChI is InChI=1S/C29H22ClN3O5S2/c1-15-2-10-19(11-3-15)33-27(35)23-22(24-26(32-29(37)40-24)39-25(23)28(33)36)16-4-12-20(13-5-16)38-14-21(34)31-18-8-6-17(30)7-9-18/h2-13,22-23,25H,14H2,1H3,(H,31,34)(H,32,37)/t22-,23?,25?/m1/s1. The maximum absolute atomic E-state index is 13.8. The monoisotopic (exact) mass is 591 g/mol. The average Bonchev–Trinajstić information content (AvgIpc) is 3.44. The van der Waals surface area contributed by atoms with Gasteiger partial charge in [-0.2, -0.15) is 0 Å². The molecule has 0 spiro atoms. The summed E-state index contributed by atoms with van der Waals surface area (Å²) in [6.07, 6.45) is 0. The van der Waals surface area contributed by atoms with Gasteiger partial charge < -0.3 is 15.0 Å². The quantitative estimate of drug-likeness (QED) is 0.298. The number of nitrogens with one attached hydrogen (secondary N) is 2. The van der Waals surface area contributed by atoms with E-state index in [4.69, 9.17) is 16.3 Å². The van der Waals surface area contributed by atoms with Crippen LogP contribution in [-0.2, 0) is 14.4 Å². The highest BCUT2D eigenvalue weighted by atomic mass is 35.5. The minimum atomic E-state index is -0.672. The van der Waals surface area contributed by atoms with Crippen LogP contribution in [0.25, 0.3) is 0 Å². The Balaban J connectivity index is 1.24. The van der Waals surface area contributed by atoms with E-state index in [9.17, 15) is 19.2 Å². The second-order valence-corrected chi connectivity index (χ2v) is 12.1. The van der Waals surface area contributed by atoms with Gasteiger partial charge in [-0.1, -0.05) is 64.5 Å². The molecule has 3 amide bonds. The molecule has 11 heteroatoms. The lowest BCUT2D eigenvalue weighted by molar-refractivity contribution is -0.122. The van der Waals surface area contributed by atoms with E-state index in [-0.39, 0.29) is 29.2 Å². The van der Waals surface area contributed by atoms with Gasteiger partial charge in [0, 0.05) is 21.5 Å². The van der Waals surface area contributed by atoms with Gasteiger partial charge in [0.1, 0.15) is 11.0 Å². The normalized spacial score (nSPS) is 19.8. The Bertz CT molecular complexity index is 1670. The fourth-order valence-corrected chi connectivity index (χ4v) is 7.62. The van der Waals surface area contributed by atoms with Crippen molar-refractivity contribution in [1.82, 2.24) is 4.98 Å². The molecule has 40 heavy (non-hydrogen) atoms. The van der Waals surface area contributed by atoms with Crippen molar-refractivity contribution >= 4 is 63.8 Å². The Morgan fingerprint density at radius 2 is 1.68 bits per heavy atom. The molecular formula is C29H22ClN3O5S2. The van der Waals surface area contributed by atoms with Crippen LogP contribution >= 0.6 is 34.7 Å². The van der Waals surface area contributed by atoms with Crippen molar-refractivity contribution in [2.45, 2.75) is 23.1 Å². The zero-order valence-corrected chi connectivity index (χ0v) is 23.4. The van der Waals surface area contributed by atoms with Crippen LogP contribution in [0.4, 0.5) is 11.4 Å². The van der Waals surface area contributed by atoms with Gasteiger partial charge in [-0.3, -0.25) is 19.2 Å². The predicted molar refractivity (Wildman–Crippen MR) is 156 cm³/mol. The highest BCUT2D eigenvalue weighted by Crippen LogP contribution is 2.53. The Kier molecular flexibility index (Phi) is 6.99. The molecule has 3 atom stereocenters. The zero-order valence-electron chi connectivity index (χ0n) is 21.1. The summed E-state index contributed by atoms with van der Waals surface area (Å²) in [5.41, 5.74) is 2.94. The summed E-state index contributed by atoms with van der Waals surface area (Å²) in [4.78, 5) is 56.5. The fourth-order valence-electron chi connectivity index (χ4n) is 4.98. The number of benzene rings is 3. The number of halogens is 1. The highest BCUT2D eigenvalue weighted by Gasteiger charge is 2.56. The van der Waals surface area contributed by atoms with E-state index in [0.717, 1.165) is 27.3 Å². The number of hydrogen-bond donors (Lipinski definition) is 2. The van der Waals surface area contributed by atoms with Gasteiger partial charge in [-0.05, 0) is 61.0 Å². The summed E-state index contributed by atoms with van der Waals surface area (Å²) in [7, 11) is 0. The number of nitrogens with zero attached hydrogens (tertiary/aromatic N) is 1. The number of aromatic amines is 1. The summed E-state index contributed by atoms with van der Waals surface area (Å²) in [5.74, 6) is -1.60. The molecule has 2 N–H and O–H groups in total. The summed E-state index contributed by atoms with van der Waals surface area (Å²) >= 11 is 8.18. The molecule has 0 saturated carbocycles. The third kappa shape index (κ3) is 4.94. The Labute approximate surface area is 242 Å². The molecule has 0 aliphatic carbocycles. The molecular weight excluding hydrogens is 570 g/mol. The van der Waals surface area contributed by atoms with E-state index >= 15 is 0 Å². The number of imide groups is 1. The predicted octanol–water partition coefficient (Wildman–Crippen LogP) is 5.21. The topological polar surface area (TPSA) is 109 Å². The van der Waals surface area contributed by atoms with Crippen molar-refractivity contribution in [3.63, 3.8) is 0 Å². The number of thioether (sulfide) groups is 1. The first-order valence-electron chi connectivity index (χ1n) is 12.4. The van der Waals surface area contributed by atoms with Crippen LogP contribution in [0.15, 0.2) is 82.6 Å². The van der Waals surface area contributed by atoms with Crippen LogP contribution in [0.5, 0.6) is 5.75 Å². The number of ether oxygens (including phenoxy) is 1. The lowest BCUT2D eigenvalue weighted by Gasteiger charge is -2.29. The van der Waals surface area contributed by atoms with E-state index in [2.05, 4.69) is 10.3 Å². The summed E-state index contributed by atoms with van der Waals surface area (Å²) < 4.78 is 5.66. The van der Waals surface area contributed by atoms with Crippen molar-refractivity contribution in [2.24, 2.45) is 5.92 Å². The molecule has 202 valence electrons. The molecule has 6 rings (SSSR count). The van der Waals surface area contributed by atoms with Gasteiger partial charge in [0.25, 0.3) is 5.91 Å². The Hall–Kier alpha value is -3.86. The molecule has 2 unspecified atom stereocenters. The number of rotatable bonds is 6. The van der Waals surface area contributed by atoms with Crippen molar-refractivity contribution in [2.75, 3.05) is 16.8 Å². The number of hydrogen-bond acceptors (Lipinski definition) is 7. The zero-order chi connectivity index (χ0) is 28.0. The number of aromatic nitrogens is 1. The lowest BCUT2D eigenvalue weighted by Crippen LogP contribution is -2.32. The molecule has 0 bridgehead atoms. The van der Waals surface area contributed by atoms with E-state index in [1.165, 1.54) is 16.7 Å². The second-order valence-electron chi connectivity index (χ2n) is 9.51. The molecule has 0 radical (unpaired) electrons. The van der Waals surface area contributed by atoms with Crippen molar-refractivity contribution in [3.8, 4) is 5.75 Å². The summed E-state index contributed by atoms with van der Waals surface area (Å²) in [6.45, 7) is 1.74. The Morgan fingerprint density at radius 1 is 0.975 bits per heavy atom. The molecule has 4 aromatic rings. The molecule has 1 fully saturated rings. The number of amides is 3. The van der Waals surface area contributed by atoms with Crippen LogP contribution in [0.2, 0.25) is 5.02 Å². The number of fused-ring (bicyclic) bond motifs is 2. The minimum absolute atomic E-state index is 0.200. The first-order valence-corrected chi connectivity index (χ1v) is 14.5. The van der Waals surface area contributed by atoms with Crippen molar-refractivity contribution in [1.29, 1.82) is 0 Å². The van der Waals surface area contributed by atoms with E-state index in [1.807, 2.05) is 31.2 Å². The number of thiazole rings is 1. The van der Waals surface area contributed by atoms with E-state index < -0.39 is 17.1 Å². The SMILES string of the molecule is Cc1ccc(N2C(=O)C3Sc4[nH]c(=O)sc4[C@H](c4ccc(OCC(=O)Nc5ccc(Cl)cc5)cc4)C3C2=O)cc1. The largest absolute Gasteiger partial charge is 0.484 e. The van der Waals surface area contributed by atoms with Gasteiger partial charge in [0.2, 0.25) is 11.8 Å². The Morgan fingerprint density at radius 3 is 2.38 bits per heavy atom. The van der Waals surface area contributed by atoms with Crippen LogP contribution < -0.4 is 19.8 Å². The second kappa shape index (κ2) is 10.6. The highest BCUT2D eigenvalue weighted by molar-refractivity contribution is 8.00. The number of H-pyrrole nitrogens is 1. The number of carbonyl (C=O) groups is 3. The molecule has 8 nitrogen and oxygen atoms in total. The lowest BCUT2D eigenvalue weighted by atomic mass is 9.83. The summed E-state index contributed by atoms with van der Waals surface area (Å²) in [5, 5.41) is 3.27. The molecule has 3 aromatic carbocycles. The minimum Gasteiger partial charge on any atom is -0.484 e. The van der Waals surface area contributed by atoms with Gasteiger partial charge in [0.05, 0.1) is 16.6 Å². The third-order valence-electron chi connectivity index (χ3n) is 6.85. The van der Waals surface area contributed by atoms with E-state index in [1.54, 1.807) is 48.5 Å². The summed E-state index contributed by atoms with van der Waals surface area (Å²) in [6, 6.07) is 21.1. The smallest absolute Gasteiger partial charge is 0.305 e.